The average molecular weight is 370 g/mol. The van der Waals surface area contributed by atoms with Crippen LogP contribution in [0.25, 0.3) is 0 Å². The Bertz CT molecular complexity index is 764. The van der Waals surface area contributed by atoms with Crippen LogP contribution in [0.4, 0.5) is 5.13 Å². The topological polar surface area (TPSA) is 57.8 Å². The highest BCUT2D eigenvalue weighted by molar-refractivity contribution is 7.13. The van der Waals surface area contributed by atoms with Gasteiger partial charge in [0.2, 0.25) is 0 Å². The van der Waals surface area contributed by atoms with Crippen molar-refractivity contribution < 1.29 is 0 Å². The fourth-order valence-corrected chi connectivity index (χ4v) is 4.85. The van der Waals surface area contributed by atoms with E-state index in [1.54, 1.807) is 11.3 Å². The maximum Gasteiger partial charge on any atom is 0.191 e. The summed E-state index contributed by atoms with van der Waals surface area (Å²) in [6.07, 6.45) is 5.46. The smallest absolute Gasteiger partial charge is 0.191 e. The van der Waals surface area contributed by atoms with E-state index in [2.05, 4.69) is 46.0 Å². The highest BCUT2D eigenvalue weighted by atomic mass is 32.1. The van der Waals surface area contributed by atoms with Gasteiger partial charge in [0.1, 0.15) is 0 Å². The lowest BCUT2D eigenvalue weighted by atomic mass is 9.71. The van der Waals surface area contributed by atoms with Crippen molar-refractivity contribution in [3.05, 3.63) is 47.0 Å². The number of nitrogens with two attached hydrogens (primary N) is 1. The number of guanidine groups is 1. The summed E-state index contributed by atoms with van der Waals surface area (Å²) in [5.41, 5.74) is 9.39. The third kappa shape index (κ3) is 3.43. The standard InChI is InChI=1S/C20H27N5S/c1-20(8-4-6-16-5-2-3-7-17(16)20)15-23-18(21)24-10-12-25(13-11-24)19-22-9-14-26-19/h2-3,5,7,9,14H,4,6,8,10-13,15H2,1H3,(H2,21,23). The molecular formula is C20H27N5S. The van der Waals surface area contributed by atoms with Crippen molar-refractivity contribution in [3.63, 3.8) is 0 Å². The fraction of sp³-hybridized carbons (Fsp3) is 0.500. The Balaban J connectivity index is 1.40. The van der Waals surface area contributed by atoms with Crippen molar-refractivity contribution in [1.82, 2.24) is 9.88 Å². The van der Waals surface area contributed by atoms with Crippen LogP contribution in [0.1, 0.15) is 30.9 Å². The van der Waals surface area contributed by atoms with E-state index in [9.17, 15) is 0 Å². The van der Waals surface area contributed by atoms with Gasteiger partial charge in [-0.1, -0.05) is 31.2 Å². The number of benzene rings is 1. The number of anilines is 1. The predicted molar refractivity (Wildman–Crippen MR) is 109 cm³/mol. The van der Waals surface area contributed by atoms with Gasteiger partial charge >= 0.3 is 0 Å². The first-order valence-corrected chi connectivity index (χ1v) is 10.3. The lowest BCUT2D eigenvalue weighted by molar-refractivity contribution is 0.371. The maximum atomic E-state index is 6.35. The normalized spacial score (nSPS) is 23.8. The van der Waals surface area contributed by atoms with Crippen molar-refractivity contribution in [3.8, 4) is 0 Å². The van der Waals surface area contributed by atoms with Gasteiger partial charge in [-0.25, -0.2) is 4.98 Å². The number of fused-ring (bicyclic) bond motifs is 1. The van der Waals surface area contributed by atoms with Crippen LogP contribution < -0.4 is 10.6 Å². The molecule has 1 aliphatic carbocycles. The number of hydrogen-bond donors (Lipinski definition) is 1. The minimum Gasteiger partial charge on any atom is -0.370 e. The molecule has 1 aromatic heterocycles. The number of thiazole rings is 1. The van der Waals surface area contributed by atoms with Crippen molar-refractivity contribution >= 4 is 22.4 Å². The van der Waals surface area contributed by atoms with E-state index >= 15 is 0 Å². The molecule has 1 fully saturated rings. The highest BCUT2D eigenvalue weighted by Crippen LogP contribution is 2.37. The molecule has 1 saturated heterocycles. The Morgan fingerprint density at radius 3 is 2.85 bits per heavy atom. The number of aromatic nitrogens is 1. The molecule has 138 valence electrons. The molecule has 6 heteroatoms. The van der Waals surface area contributed by atoms with Gasteiger partial charge in [-0.05, 0) is 30.4 Å². The molecule has 1 atom stereocenters. The van der Waals surface area contributed by atoms with E-state index in [1.807, 2.05) is 11.6 Å². The molecule has 1 aliphatic heterocycles. The maximum absolute atomic E-state index is 6.35. The summed E-state index contributed by atoms with van der Waals surface area (Å²) >= 11 is 1.70. The summed E-state index contributed by atoms with van der Waals surface area (Å²) in [5.74, 6) is 0.688. The zero-order chi connectivity index (χ0) is 18.0. The fourth-order valence-electron chi connectivity index (χ4n) is 4.15. The van der Waals surface area contributed by atoms with Crippen LogP contribution in [0.15, 0.2) is 40.8 Å². The quantitative estimate of drug-likeness (QED) is 0.668. The predicted octanol–water partition coefficient (Wildman–Crippen LogP) is 2.87. The minimum absolute atomic E-state index is 0.0994. The summed E-state index contributed by atoms with van der Waals surface area (Å²) in [5, 5.41) is 3.13. The second-order valence-corrected chi connectivity index (χ2v) is 8.41. The molecule has 0 amide bonds. The van der Waals surface area contributed by atoms with Crippen LogP contribution in [0, 0.1) is 0 Å². The van der Waals surface area contributed by atoms with Gasteiger partial charge in [0.15, 0.2) is 11.1 Å². The van der Waals surface area contributed by atoms with E-state index < -0.39 is 0 Å². The van der Waals surface area contributed by atoms with Crippen LogP contribution in [-0.2, 0) is 11.8 Å². The Labute approximate surface area is 159 Å². The van der Waals surface area contributed by atoms with E-state index in [-0.39, 0.29) is 5.41 Å². The Kier molecular flexibility index (Phi) is 4.85. The van der Waals surface area contributed by atoms with E-state index in [4.69, 9.17) is 10.7 Å². The number of piperazine rings is 1. The molecule has 1 unspecified atom stereocenters. The SMILES string of the molecule is CC1(CN=C(N)N2CCN(c3nccs3)CC2)CCCc2ccccc21. The summed E-state index contributed by atoms with van der Waals surface area (Å²) in [4.78, 5) is 13.8. The first-order valence-electron chi connectivity index (χ1n) is 9.43. The van der Waals surface area contributed by atoms with E-state index in [0.717, 1.165) is 37.9 Å². The zero-order valence-corrected chi connectivity index (χ0v) is 16.2. The van der Waals surface area contributed by atoms with E-state index in [0.29, 0.717) is 5.96 Å². The first kappa shape index (κ1) is 17.3. The summed E-state index contributed by atoms with van der Waals surface area (Å²) < 4.78 is 0. The van der Waals surface area contributed by atoms with Crippen molar-refractivity contribution in [1.29, 1.82) is 0 Å². The molecule has 4 rings (SSSR count). The minimum atomic E-state index is 0.0994. The van der Waals surface area contributed by atoms with Crippen LogP contribution in [0.2, 0.25) is 0 Å². The number of rotatable bonds is 3. The number of hydrogen-bond acceptors (Lipinski definition) is 4. The van der Waals surface area contributed by atoms with Crippen molar-refractivity contribution in [2.75, 3.05) is 37.6 Å². The first-order chi connectivity index (χ1) is 12.7. The molecule has 0 radical (unpaired) electrons. The third-order valence-corrected chi connectivity index (χ3v) is 6.56. The monoisotopic (exact) mass is 369 g/mol. The van der Waals surface area contributed by atoms with Crippen molar-refractivity contribution in [2.45, 2.75) is 31.6 Å². The van der Waals surface area contributed by atoms with Crippen LogP contribution >= 0.6 is 11.3 Å². The van der Waals surface area contributed by atoms with Gasteiger partial charge in [-0.15, -0.1) is 11.3 Å². The molecule has 2 heterocycles. The highest BCUT2D eigenvalue weighted by Gasteiger charge is 2.32. The van der Waals surface area contributed by atoms with Gasteiger partial charge in [0.25, 0.3) is 0 Å². The third-order valence-electron chi connectivity index (χ3n) is 5.73. The molecule has 26 heavy (non-hydrogen) atoms. The summed E-state index contributed by atoms with van der Waals surface area (Å²) in [6, 6.07) is 8.82. The van der Waals surface area contributed by atoms with Gasteiger partial charge in [0.05, 0.1) is 6.54 Å². The summed E-state index contributed by atoms with van der Waals surface area (Å²) in [7, 11) is 0. The molecule has 2 N–H and O–H groups in total. The largest absolute Gasteiger partial charge is 0.370 e. The molecule has 1 aromatic carbocycles. The van der Waals surface area contributed by atoms with E-state index in [1.165, 1.54) is 30.4 Å². The summed E-state index contributed by atoms with van der Waals surface area (Å²) in [6.45, 7) is 6.81. The van der Waals surface area contributed by atoms with Crippen LogP contribution in [0.5, 0.6) is 0 Å². The molecule has 2 aliphatic rings. The van der Waals surface area contributed by atoms with Crippen molar-refractivity contribution in [2.24, 2.45) is 10.7 Å². The molecule has 0 bridgehead atoms. The molecular weight excluding hydrogens is 342 g/mol. The molecule has 0 saturated carbocycles. The number of aliphatic imine (C=N–C) groups is 1. The lowest BCUT2D eigenvalue weighted by Gasteiger charge is -2.37. The lowest BCUT2D eigenvalue weighted by Crippen LogP contribution is -2.51. The number of aryl methyl sites for hydroxylation is 1. The number of nitrogens with zero attached hydrogens (tertiary/aromatic N) is 4. The average Bonchev–Trinajstić information content (AvgIpc) is 3.22. The second-order valence-electron chi connectivity index (χ2n) is 7.53. The van der Waals surface area contributed by atoms with Gasteiger partial charge in [-0.2, -0.15) is 0 Å². The molecule has 0 spiro atoms. The zero-order valence-electron chi connectivity index (χ0n) is 15.4. The van der Waals surface area contributed by atoms with Gasteiger partial charge in [-0.3, -0.25) is 4.99 Å². The van der Waals surface area contributed by atoms with Gasteiger partial charge in [0, 0.05) is 43.2 Å². The Hall–Kier alpha value is -2.08. The van der Waals surface area contributed by atoms with Gasteiger partial charge < -0.3 is 15.5 Å². The molecule has 2 aromatic rings. The second kappa shape index (κ2) is 7.27. The van der Waals surface area contributed by atoms with Crippen LogP contribution in [-0.4, -0.2) is 48.6 Å². The Morgan fingerprint density at radius 1 is 1.27 bits per heavy atom. The van der Waals surface area contributed by atoms with Crippen LogP contribution in [0.3, 0.4) is 0 Å². The Morgan fingerprint density at radius 2 is 2.08 bits per heavy atom. The molecule has 5 nitrogen and oxygen atoms in total.